The monoisotopic (exact) mass is 1040 g/mol. The zero-order valence-corrected chi connectivity index (χ0v) is 41.4. The Morgan fingerprint density at radius 1 is 0.403 bits per heavy atom. The highest BCUT2D eigenvalue weighted by Crippen LogP contribution is 2.35. The second kappa shape index (κ2) is 26.4. The van der Waals surface area contributed by atoms with E-state index in [2.05, 4.69) is 0 Å². The zero-order chi connectivity index (χ0) is 53.3. The van der Waals surface area contributed by atoms with Gasteiger partial charge in [0.2, 0.25) is 0 Å². The van der Waals surface area contributed by atoms with Gasteiger partial charge in [0.25, 0.3) is 0 Å². The molecule has 2 saturated heterocycles. The molecule has 7 aromatic carbocycles. The molecule has 10 atom stereocenters. The molecule has 9 rings (SSSR count). The Labute approximate surface area is 443 Å². The number of carbonyl (C=O) groups is 5. The van der Waals surface area contributed by atoms with Gasteiger partial charge in [0, 0.05) is 0 Å². The van der Waals surface area contributed by atoms with Gasteiger partial charge in [-0.05, 0) is 71.8 Å². The van der Waals surface area contributed by atoms with E-state index < -0.39 is 104 Å². The van der Waals surface area contributed by atoms with E-state index in [0.29, 0.717) is 0 Å². The summed E-state index contributed by atoms with van der Waals surface area (Å²) in [6, 6.07) is 58.9. The number of esters is 5. The van der Waals surface area contributed by atoms with Crippen molar-refractivity contribution in [3.63, 3.8) is 0 Å². The van der Waals surface area contributed by atoms with Crippen LogP contribution in [0, 0.1) is 0 Å². The first kappa shape index (κ1) is 53.5. The number of aliphatic hydroxyl groups excluding tert-OH is 1. The number of benzene rings is 7. The minimum absolute atomic E-state index is 0.00599. The van der Waals surface area contributed by atoms with Crippen molar-refractivity contribution in [1.82, 2.24) is 0 Å². The maximum absolute atomic E-state index is 14.1. The number of hydrogen-bond acceptors (Lipinski definition) is 16. The smallest absolute Gasteiger partial charge is 0.338 e. The standard InChI is InChI=1S/C61H54O16/c62-55(42-26-12-3-13-27-42)70-38-47(72-56(63)43-28-14-4-15-29-43)49-51(68-36-40-22-8-1-9-23-40)54(69-37-41-24-10-2-11-25-41)61(77-49)71-39-48-50(74-57(64)44-30-16-5-17-31-44)52(75-58(65)45-32-18-6-19-33-45)53(60(67)73-48)76-59(66)46-34-20-7-21-35-46/h1-35,47-54,60-61,67H,36-39H2/t47-,48-,49+,50-,51+,52+,53-,54-,60+,61+/m1/s1. The molecule has 0 aliphatic carbocycles. The summed E-state index contributed by atoms with van der Waals surface area (Å²) < 4.78 is 63.1. The van der Waals surface area contributed by atoms with Crippen LogP contribution in [0.3, 0.4) is 0 Å². The van der Waals surface area contributed by atoms with Crippen LogP contribution < -0.4 is 0 Å². The number of rotatable bonds is 21. The van der Waals surface area contributed by atoms with Crippen molar-refractivity contribution in [1.29, 1.82) is 0 Å². The minimum atomic E-state index is -2.00. The molecule has 394 valence electrons. The molecule has 0 unspecified atom stereocenters. The van der Waals surface area contributed by atoms with Crippen molar-refractivity contribution >= 4 is 29.8 Å². The molecule has 7 aromatic rings. The highest BCUT2D eigenvalue weighted by atomic mass is 16.7. The van der Waals surface area contributed by atoms with Crippen LogP contribution in [0.25, 0.3) is 0 Å². The maximum atomic E-state index is 14.1. The number of aliphatic hydroxyl groups is 1. The summed E-state index contributed by atoms with van der Waals surface area (Å²) in [5.74, 6) is -4.13. The van der Waals surface area contributed by atoms with E-state index >= 15 is 0 Å². The molecule has 2 aliphatic heterocycles. The average Bonchev–Trinajstić information content (AvgIpc) is 3.84. The van der Waals surface area contributed by atoms with Crippen molar-refractivity contribution in [3.05, 3.63) is 251 Å². The third-order valence-electron chi connectivity index (χ3n) is 12.6. The summed E-state index contributed by atoms with van der Waals surface area (Å²) >= 11 is 0. The van der Waals surface area contributed by atoms with Crippen LogP contribution in [0.2, 0.25) is 0 Å². The van der Waals surface area contributed by atoms with Gasteiger partial charge in [0.05, 0.1) is 47.6 Å². The lowest BCUT2D eigenvalue weighted by atomic mass is 9.97. The summed E-state index contributed by atoms with van der Waals surface area (Å²) in [6.45, 7) is -1.06. The van der Waals surface area contributed by atoms with E-state index in [1.165, 1.54) is 36.4 Å². The second-order valence-electron chi connectivity index (χ2n) is 17.9. The number of hydrogen-bond donors (Lipinski definition) is 1. The molecule has 0 spiro atoms. The fraction of sp³-hybridized carbons (Fsp3) is 0.230. The quantitative estimate of drug-likeness (QED) is 0.0531. The Balaban J connectivity index is 1.07. The summed E-state index contributed by atoms with van der Waals surface area (Å²) in [4.78, 5) is 69.3. The van der Waals surface area contributed by atoms with Crippen LogP contribution >= 0.6 is 0 Å². The van der Waals surface area contributed by atoms with Crippen LogP contribution in [-0.2, 0) is 60.6 Å². The summed E-state index contributed by atoms with van der Waals surface area (Å²) in [6.07, 6.45) is -15.0. The van der Waals surface area contributed by atoms with Crippen LogP contribution in [0.1, 0.15) is 62.9 Å². The first-order valence-corrected chi connectivity index (χ1v) is 24.9. The van der Waals surface area contributed by atoms with E-state index in [1.54, 1.807) is 115 Å². The van der Waals surface area contributed by atoms with Gasteiger partial charge in [0.1, 0.15) is 31.0 Å². The molecule has 0 aromatic heterocycles. The van der Waals surface area contributed by atoms with Gasteiger partial charge in [0.15, 0.2) is 37.0 Å². The molecule has 2 heterocycles. The summed E-state index contributed by atoms with van der Waals surface area (Å²) in [5.41, 5.74) is 2.32. The van der Waals surface area contributed by atoms with Crippen molar-refractivity contribution in [3.8, 4) is 0 Å². The predicted molar refractivity (Wildman–Crippen MR) is 275 cm³/mol. The minimum Gasteiger partial charge on any atom is -0.458 e. The van der Waals surface area contributed by atoms with Crippen LogP contribution in [-0.4, -0.2) is 110 Å². The lowest BCUT2D eigenvalue weighted by Gasteiger charge is -2.43. The third-order valence-corrected chi connectivity index (χ3v) is 12.6. The van der Waals surface area contributed by atoms with Gasteiger partial charge in [-0.1, -0.05) is 152 Å². The van der Waals surface area contributed by atoms with Crippen LogP contribution in [0.5, 0.6) is 0 Å². The van der Waals surface area contributed by atoms with Crippen LogP contribution in [0.15, 0.2) is 212 Å². The van der Waals surface area contributed by atoms with Gasteiger partial charge in [-0.3, -0.25) is 0 Å². The molecule has 2 aliphatic rings. The second-order valence-corrected chi connectivity index (χ2v) is 17.9. The van der Waals surface area contributed by atoms with Gasteiger partial charge < -0.3 is 52.5 Å². The average molecular weight is 1040 g/mol. The van der Waals surface area contributed by atoms with Gasteiger partial charge in [-0.2, -0.15) is 0 Å². The molecular formula is C61H54O16. The zero-order valence-electron chi connectivity index (χ0n) is 41.4. The predicted octanol–water partition coefficient (Wildman–Crippen LogP) is 8.38. The van der Waals surface area contributed by atoms with Gasteiger partial charge in [-0.15, -0.1) is 0 Å². The fourth-order valence-corrected chi connectivity index (χ4v) is 8.69. The molecule has 16 nitrogen and oxygen atoms in total. The third kappa shape index (κ3) is 14.1. The van der Waals surface area contributed by atoms with E-state index in [-0.39, 0.29) is 41.0 Å². The molecule has 77 heavy (non-hydrogen) atoms. The molecular weight excluding hydrogens is 989 g/mol. The van der Waals surface area contributed by atoms with E-state index in [4.69, 9.17) is 47.4 Å². The highest BCUT2D eigenvalue weighted by Gasteiger charge is 2.55. The first-order valence-electron chi connectivity index (χ1n) is 24.9. The molecule has 0 saturated carbocycles. The maximum Gasteiger partial charge on any atom is 0.338 e. The van der Waals surface area contributed by atoms with E-state index in [9.17, 15) is 29.1 Å². The Morgan fingerprint density at radius 3 is 1.23 bits per heavy atom. The summed E-state index contributed by atoms with van der Waals surface area (Å²) in [7, 11) is 0. The van der Waals surface area contributed by atoms with E-state index in [1.807, 2.05) is 60.7 Å². The molecule has 16 heteroatoms. The molecule has 0 radical (unpaired) electrons. The largest absolute Gasteiger partial charge is 0.458 e. The number of carbonyl (C=O) groups excluding carboxylic acids is 5. The van der Waals surface area contributed by atoms with Crippen LogP contribution in [0.4, 0.5) is 0 Å². The number of ether oxygens (including phenoxy) is 10. The van der Waals surface area contributed by atoms with Crippen molar-refractivity contribution in [2.24, 2.45) is 0 Å². The van der Waals surface area contributed by atoms with Crippen molar-refractivity contribution < 1.29 is 76.4 Å². The highest BCUT2D eigenvalue weighted by molar-refractivity contribution is 5.92. The van der Waals surface area contributed by atoms with E-state index in [0.717, 1.165) is 11.1 Å². The lowest BCUT2D eigenvalue weighted by Crippen LogP contribution is -2.62. The Bertz CT molecular complexity index is 2990. The molecule has 0 bridgehead atoms. The fourth-order valence-electron chi connectivity index (χ4n) is 8.69. The van der Waals surface area contributed by atoms with Crippen molar-refractivity contribution in [2.75, 3.05) is 13.2 Å². The summed E-state index contributed by atoms with van der Waals surface area (Å²) in [5, 5.41) is 11.9. The topological polar surface area (TPSA) is 198 Å². The van der Waals surface area contributed by atoms with Gasteiger partial charge >= 0.3 is 29.8 Å². The Hall–Kier alpha value is -8.35. The molecule has 2 fully saturated rings. The SMILES string of the molecule is O=C(OC[C@@H](OC(=O)c1ccccc1)[C@@H]1O[C@H](OC[C@H]2O[C@H](O)[C@H](OC(=O)c3ccccc3)[C@@H](OC(=O)c3ccccc3)[C@@H]2OC(=O)c2ccccc2)[C@H](OCc2ccccc2)[C@H]1OCc1ccccc1)c1ccccc1. The van der Waals surface area contributed by atoms with Crippen molar-refractivity contribution in [2.45, 2.75) is 74.6 Å². The van der Waals surface area contributed by atoms with Gasteiger partial charge in [-0.25, -0.2) is 24.0 Å². The Morgan fingerprint density at radius 2 is 0.779 bits per heavy atom. The lowest BCUT2D eigenvalue weighted by molar-refractivity contribution is -0.296. The first-order chi connectivity index (χ1) is 37.7. The normalized spacial score (nSPS) is 22.2. The molecule has 0 amide bonds. The molecule has 1 N–H and O–H groups in total. The Kier molecular flexibility index (Phi) is 18.3.